The number of rotatable bonds is 2. The number of aryl methyl sites for hydroxylation is 4. The molecule has 0 saturated heterocycles. The van der Waals surface area contributed by atoms with Gasteiger partial charge in [-0.15, -0.1) is 0 Å². The Morgan fingerprint density at radius 3 is 2.09 bits per heavy atom. The first-order valence-electron chi connectivity index (χ1n) is 7.69. The second-order valence-electron chi connectivity index (χ2n) is 6.05. The normalized spacial score (nSPS) is 10.7. The fourth-order valence-corrected chi connectivity index (χ4v) is 2.95. The first-order valence-corrected chi connectivity index (χ1v) is 7.69. The van der Waals surface area contributed by atoms with Crippen molar-refractivity contribution in [2.24, 2.45) is 7.05 Å². The molecule has 0 fully saturated rings. The fraction of sp³-hybridized carbons (Fsp3) is 0.190. The summed E-state index contributed by atoms with van der Waals surface area (Å²) in [5.74, 6) is 0. The Labute approximate surface area is 132 Å². The molecule has 110 valence electrons. The molecule has 0 aliphatic rings. The highest BCUT2D eigenvalue weighted by Gasteiger charge is 2.16. The summed E-state index contributed by atoms with van der Waals surface area (Å²) in [6, 6.07) is 19.6. The van der Waals surface area contributed by atoms with Crippen LogP contribution in [0, 0.1) is 20.8 Å². The highest BCUT2D eigenvalue weighted by Crippen LogP contribution is 2.28. The van der Waals surface area contributed by atoms with E-state index < -0.39 is 0 Å². The number of hydrogen-bond acceptors (Lipinski definition) is 0. The van der Waals surface area contributed by atoms with Crippen LogP contribution in [0.15, 0.2) is 60.8 Å². The summed E-state index contributed by atoms with van der Waals surface area (Å²) in [6.45, 7) is 6.47. The molecule has 0 saturated carbocycles. The van der Waals surface area contributed by atoms with Gasteiger partial charge in [-0.3, -0.25) is 0 Å². The lowest BCUT2D eigenvalue weighted by molar-refractivity contribution is -0.660. The predicted molar refractivity (Wildman–Crippen MR) is 92.7 cm³/mol. The summed E-state index contributed by atoms with van der Waals surface area (Å²) in [5, 5.41) is 0. The van der Waals surface area contributed by atoms with Crippen LogP contribution in [0.5, 0.6) is 0 Å². The number of aromatic nitrogens is 1. The van der Waals surface area contributed by atoms with E-state index in [1.165, 1.54) is 39.1 Å². The second kappa shape index (κ2) is 5.76. The van der Waals surface area contributed by atoms with Crippen molar-refractivity contribution in [1.29, 1.82) is 0 Å². The molecule has 0 aliphatic carbocycles. The van der Waals surface area contributed by atoms with E-state index in [-0.39, 0.29) is 0 Å². The molecule has 0 unspecified atom stereocenters. The standard InChI is InChI=1S/C21H22N/c1-15-9-11-18(12-10-15)20-13-21(22(4)14-17(20)3)19-8-6-5-7-16(19)2/h5-14H,1-4H3/q+1. The molecular weight excluding hydrogens is 266 g/mol. The molecule has 0 amide bonds. The largest absolute Gasteiger partial charge is 0.213 e. The summed E-state index contributed by atoms with van der Waals surface area (Å²) in [6.07, 6.45) is 2.22. The van der Waals surface area contributed by atoms with Crippen LogP contribution < -0.4 is 4.57 Å². The van der Waals surface area contributed by atoms with Gasteiger partial charge >= 0.3 is 0 Å². The third-order valence-electron chi connectivity index (χ3n) is 4.26. The molecule has 1 aromatic heterocycles. The van der Waals surface area contributed by atoms with E-state index in [4.69, 9.17) is 0 Å². The van der Waals surface area contributed by atoms with Gasteiger partial charge in [0.05, 0.1) is 0 Å². The molecule has 0 aliphatic heterocycles. The number of hydrogen-bond donors (Lipinski definition) is 0. The molecule has 0 spiro atoms. The van der Waals surface area contributed by atoms with Gasteiger partial charge in [-0.05, 0) is 43.5 Å². The lowest BCUT2D eigenvalue weighted by Crippen LogP contribution is -2.31. The van der Waals surface area contributed by atoms with E-state index in [0.717, 1.165) is 0 Å². The first kappa shape index (κ1) is 14.5. The first-order chi connectivity index (χ1) is 10.6. The van der Waals surface area contributed by atoms with Gasteiger partial charge in [-0.25, -0.2) is 4.57 Å². The maximum Gasteiger partial charge on any atom is 0.213 e. The molecule has 0 N–H and O–H groups in total. The van der Waals surface area contributed by atoms with E-state index in [1.807, 2.05) is 0 Å². The summed E-state index contributed by atoms with van der Waals surface area (Å²) in [5.41, 5.74) is 9.01. The van der Waals surface area contributed by atoms with Gasteiger partial charge in [-0.1, -0.05) is 48.0 Å². The van der Waals surface area contributed by atoms with Crippen molar-refractivity contribution in [1.82, 2.24) is 0 Å². The number of pyridine rings is 1. The van der Waals surface area contributed by atoms with Crippen molar-refractivity contribution in [3.05, 3.63) is 77.5 Å². The van der Waals surface area contributed by atoms with Crippen LogP contribution in [0.1, 0.15) is 16.7 Å². The zero-order chi connectivity index (χ0) is 15.7. The van der Waals surface area contributed by atoms with Crippen LogP contribution in [0.2, 0.25) is 0 Å². The molecule has 1 nitrogen and oxygen atoms in total. The van der Waals surface area contributed by atoms with Gasteiger partial charge in [-0.2, -0.15) is 0 Å². The average molecular weight is 288 g/mol. The Morgan fingerprint density at radius 1 is 0.727 bits per heavy atom. The Bertz CT molecular complexity index is 814. The lowest BCUT2D eigenvalue weighted by Gasteiger charge is -2.10. The molecule has 3 rings (SSSR count). The SMILES string of the molecule is Cc1ccc(-c2cc(-c3ccccc3C)[n+](C)cc2C)cc1. The number of nitrogens with zero attached hydrogens (tertiary/aromatic N) is 1. The smallest absolute Gasteiger partial charge is 0.201 e. The summed E-state index contributed by atoms with van der Waals surface area (Å²) in [7, 11) is 2.12. The average Bonchev–Trinajstić information content (AvgIpc) is 2.50. The number of benzene rings is 2. The molecular formula is C21H22N+. The minimum atomic E-state index is 1.25. The molecule has 3 aromatic rings. The summed E-state index contributed by atoms with van der Waals surface area (Å²) < 4.78 is 2.22. The Morgan fingerprint density at radius 2 is 1.41 bits per heavy atom. The van der Waals surface area contributed by atoms with Crippen LogP contribution in [-0.4, -0.2) is 0 Å². The topological polar surface area (TPSA) is 3.88 Å². The van der Waals surface area contributed by atoms with Crippen LogP contribution in [-0.2, 0) is 7.05 Å². The maximum atomic E-state index is 2.31. The third kappa shape index (κ3) is 2.67. The minimum absolute atomic E-state index is 1.25. The van der Waals surface area contributed by atoms with E-state index in [1.54, 1.807) is 0 Å². The monoisotopic (exact) mass is 288 g/mol. The Kier molecular flexibility index (Phi) is 3.81. The van der Waals surface area contributed by atoms with Crippen LogP contribution >= 0.6 is 0 Å². The summed E-state index contributed by atoms with van der Waals surface area (Å²) in [4.78, 5) is 0. The van der Waals surface area contributed by atoms with Crippen LogP contribution in [0.3, 0.4) is 0 Å². The van der Waals surface area contributed by atoms with Crippen molar-refractivity contribution in [3.63, 3.8) is 0 Å². The van der Waals surface area contributed by atoms with Crippen LogP contribution in [0.25, 0.3) is 22.4 Å². The molecule has 1 heteroatoms. The molecule has 1 heterocycles. The maximum absolute atomic E-state index is 2.31. The van der Waals surface area contributed by atoms with Gasteiger partial charge in [0.15, 0.2) is 6.20 Å². The van der Waals surface area contributed by atoms with E-state index in [0.29, 0.717) is 0 Å². The molecule has 2 aromatic carbocycles. The molecule has 22 heavy (non-hydrogen) atoms. The Balaban J connectivity index is 2.19. The van der Waals surface area contributed by atoms with E-state index in [2.05, 4.69) is 93.2 Å². The fourth-order valence-electron chi connectivity index (χ4n) is 2.95. The van der Waals surface area contributed by atoms with Gasteiger partial charge in [0.25, 0.3) is 0 Å². The quantitative estimate of drug-likeness (QED) is 0.598. The van der Waals surface area contributed by atoms with Gasteiger partial charge < -0.3 is 0 Å². The van der Waals surface area contributed by atoms with Crippen molar-refractivity contribution in [2.75, 3.05) is 0 Å². The highest BCUT2D eigenvalue weighted by molar-refractivity contribution is 5.72. The van der Waals surface area contributed by atoms with E-state index >= 15 is 0 Å². The predicted octanol–water partition coefficient (Wildman–Crippen LogP) is 4.77. The van der Waals surface area contributed by atoms with Gasteiger partial charge in [0.2, 0.25) is 5.69 Å². The van der Waals surface area contributed by atoms with Crippen molar-refractivity contribution >= 4 is 0 Å². The highest BCUT2D eigenvalue weighted by atomic mass is 14.9. The minimum Gasteiger partial charge on any atom is -0.201 e. The second-order valence-corrected chi connectivity index (χ2v) is 6.05. The zero-order valence-corrected chi connectivity index (χ0v) is 13.7. The van der Waals surface area contributed by atoms with Crippen LogP contribution in [0.4, 0.5) is 0 Å². The lowest BCUT2D eigenvalue weighted by atomic mass is 9.97. The van der Waals surface area contributed by atoms with Crippen molar-refractivity contribution < 1.29 is 4.57 Å². The van der Waals surface area contributed by atoms with Crippen molar-refractivity contribution in [3.8, 4) is 22.4 Å². The van der Waals surface area contributed by atoms with Crippen molar-refractivity contribution in [2.45, 2.75) is 20.8 Å². The zero-order valence-electron chi connectivity index (χ0n) is 13.7. The van der Waals surface area contributed by atoms with Gasteiger partial charge in [0, 0.05) is 17.2 Å². The summed E-state index contributed by atoms with van der Waals surface area (Å²) >= 11 is 0. The van der Waals surface area contributed by atoms with E-state index in [9.17, 15) is 0 Å². The molecule has 0 bridgehead atoms. The van der Waals surface area contributed by atoms with Gasteiger partial charge in [0.1, 0.15) is 7.05 Å². The molecule has 0 atom stereocenters. The molecule has 0 radical (unpaired) electrons. The Hall–Kier alpha value is -2.41. The third-order valence-corrected chi connectivity index (χ3v) is 4.26.